The lowest BCUT2D eigenvalue weighted by atomic mass is 9.61. The van der Waals surface area contributed by atoms with Crippen LogP contribution in [0.4, 0.5) is 0 Å². The topological polar surface area (TPSA) is 55.7 Å². The Labute approximate surface area is 127 Å². The first-order chi connectivity index (χ1) is 10.1. The van der Waals surface area contributed by atoms with Crippen molar-refractivity contribution in [3.05, 3.63) is 0 Å². The predicted molar refractivity (Wildman–Crippen MR) is 82.2 cm³/mol. The summed E-state index contributed by atoms with van der Waals surface area (Å²) in [6.45, 7) is 4.35. The van der Waals surface area contributed by atoms with Crippen LogP contribution in [0, 0.1) is 11.3 Å². The van der Waals surface area contributed by atoms with Gasteiger partial charge in [0.1, 0.15) is 24.1 Å². The fourth-order valence-corrected chi connectivity index (χ4v) is 3.86. The summed E-state index contributed by atoms with van der Waals surface area (Å²) in [5.74, 6) is -0.496. The van der Waals surface area contributed by atoms with Crippen LogP contribution in [-0.2, 0) is 14.4 Å². The fourth-order valence-electron chi connectivity index (χ4n) is 3.86. The van der Waals surface area contributed by atoms with Crippen molar-refractivity contribution < 1.29 is 14.4 Å². The average molecular weight is 293 g/mol. The lowest BCUT2D eigenvalue weighted by molar-refractivity contribution is -0.138. The van der Waals surface area contributed by atoms with Crippen molar-refractivity contribution in [3.8, 4) is 0 Å². The molecule has 0 aromatic heterocycles. The van der Waals surface area contributed by atoms with E-state index in [0.29, 0.717) is 31.6 Å². The van der Waals surface area contributed by atoms with Crippen LogP contribution in [0.15, 0.2) is 5.16 Å². The van der Waals surface area contributed by atoms with Gasteiger partial charge in [0.25, 0.3) is 0 Å². The van der Waals surface area contributed by atoms with Crippen molar-refractivity contribution in [1.82, 2.24) is 0 Å². The average Bonchev–Trinajstić information content (AvgIpc) is 2.44. The lowest BCUT2D eigenvalue weighted by Crippen LogP contribution is -2.45. The first-order valence-corrected chi connectivity index (χ1v) is 8.36. The standard InChI is InChI=1S/C17H27NO3/c1-3-8-13(18-21-4-2)16-14(19)11-17(12-15(16)20)9-6-5-7-10-17/h16H,3-12H2,1-2H3/b18-13+. The molecule has 0 aromatic rings. The minimum absolute atomic E-state index is 0.0359. The molecule has 0 amide bonds. The number of nitrogens with zero attached hydrogens (tertiary/aromatic N) is 1. The predicted octanol–water partition coefficient (Wildman–Crippen LogP) is 3.68. The summed E-state index contributed by atoms with van der Waals surface area (Å²) in [4.78, 5) is 30.3. The van der Waals surface area contributed by atoms with Gasteiger partial charge in [-0.2, -0.15) is 0 Å². The molecule has 21 heavy (non-hydrogen) atoms. The fraction of sp³-hybridized carbons (Fsp3) is 0.824. The van der Waals surface area contributed by atoms with E-state index in [2.05, 4.69) is 5.16 Å². The van der Waals surface area contributed by atoms with Crippen LogP contribution in [0.5, 0.6) is 0 Å². The van der Waals surface area contributed by atoms with Crippen molar-refractivity contribution in [1.29, 1.82) is 0 Å². The van der Waals surface area contributed by atoms with Crippen molar-refractivity contribution in [2.75, 3.05) is 6.61 Å². The van der Waals surface area contributed by atoms with Crippen LogP contribution in [0.25, 0.3) is 0 Å². The highest BCUT2D eigenvalue weighted by atomic mass is 16.6. The van der Waals surface area contributed by atoms with Crippen LogP contribution < -0.4 is 0 Å². The molecule has 4 heteroatoms. The molecule has 0 heterocycles. The van der Waals surface area contributed by atoms with Gasteiger partial charge in [-0.3, -0.25) is 9.59 Å². The Morgan fingerprint density at radius 1 is 1.14 bits per heavy atom. The third kappa shape index (κ3) is 3.72. The van der Waals surface area contributed by atoms with Crippen LogP contribution in [0.1, 0.15) is 71.6 Å². The van der Waals surface area contributed by atoms with Gasteiger partial charge >= 0.3 is 0 Å². The summed E-state index contributed by atoms with van der Waals surface area (Å²) in [6, 6.07) is 0. The molecular weight excluding hydrogens is 266 g/mol. The smallest absolute Gasteiger partial charge is 0.149 e. The Morgan fingerprint density at radius 2 is 1.76 bits per heavy atom. The van der Waals surface area contributed by atoms with Gasteiger partial charge in [-0.25, -0.2) is 0 Å². The van der Waals surface area contributed by atoms with Crippen LogP contribution in [0.2, 0.25) is 0 Å². The second-order valence-electron chi connectivity index (χ2n) is 6.53. The Kier molecular flexibility index (Phi) is 5.54. The molecule has 0 aromatic carbocycles. The molecule has 1 spiro atoms. The zero-order chi connectivity index (χ0) is 15.3. The quantitative estimate of drug-likeness (QED) is 0.441. The summed E-state index contributed by atoms with van der Waals surface area (Å²) in [7, 11) is 0. The molecule has 118 valence electrons. The summed E-state index contributed by atoms with van der Waals surface area (Å²) < 4.78 is 0. The van der Waals surface area contributed by atoms with Crippen molar-refractivity contribution in [2.24, 2.45) is 16.5 Å². The number of Topliss-reactive ketones (excluding diaryl/α,β-unsaturated/α-hetero) is 2. The molecule has 2 fully saturated rings. The van der Waals surface area contributed by atoms with Gasteiger partial charge in [0.05, 0.1) is 5.71 Å². The van der Waals surface area contributed by atoms with E-state index in [0.717, 1.165) is 32.1 Å². The number of rotatable bonds is 5. The van der Waals surface area contributed by atoms with E-state index < -0.39 is 5.92 Å². The molecular formula is C17H27NO3. The maximum absolute atomic E-state index is 12.6. The van der Waals surface area contributed by atoms with E-state index in [9.17, 15) is 9.59 Å². The molecule has 0 bridgehead atoms. The largest absolute Gasteiger partial charge is 0.396 e. The van der Waals surface area contributed by atoms with Gasteiger partial charge in [0.15, 0.2) is 0 Å². The van der Waals surface area contributed by atoms with Crippen LogP contribution in [-0.4, -0.2) is 23.9 Å². The Morgan fingerprint density at radius 3 is 2.29 bits per heavy atom. The van der Waals surface area contributed by atoms with Gasteiger partial charge in [-0.05, 0) is 31.6 Å². The van der Waals surface area contributed by atoms with Crippen molar-refractivity contribution >= 4 is 17.3 Å². The number of hydrogen-bond acceptors (Lipinski definition) is 4. The van der Waals surface area contributed by atoms with E-state index in [-0.39, 0.29) is 17.0 Å². The third-order valence-corrected chi connectivity index (χ3v) is 4.81. The Balaban J connectivity index is 2.14. The van der Waals surface area contributed by atoms with Gasteiger partial charge < -0.3 is 4.84 Å². The summed E-state index contributed by atoms with van der Waals surface area (Å²) in [5.41, 5.74) is 0.603. The molecule has 2 rings (SSSR count). The van der Waals surface area contributed by atoms with E-state index >= 15 is 0 Å². The normalized spacial score (nSPS) is 23.6. The molecule has 0 saturated heterocycles. The van der Waals surface area contributed by atoms with E-state index in [1.807, 2.05) is 13.8 Å². The third-order valence-electron chi connectivity index (χ3n) is 4.81. The van der Waals surface area contributed by atoms with Gasteiger partial charge in [-0.1, -0.05) is 37.8 Å². The first kappa shape index (κ1) is 16.2. The number of carbonyl (C=O) groups excluding carboxylic acids is 2. The molecule has 0 aliphatic heterocycles. The zero-order valence-electron chi connectivity index (χ0n) is 13.3. The molecule has 2 aliphatic rings. The molecule has 0 radical (unpaired) electrons. The highest BCUT2D eigenvalue weighted by Gasteiger charge is 2.46. The summed E-state index contributed by atoms with van der Waals surface area (Å²) in [6.07, 6.45) is 8.24. The van der Waals surface area contributed by atoms with Crippen LogP contribution in [0.3, 0.4) is 0 Å². The number of carbonyl (C=O) groups is 2. The summed E-state index contributed by atoms with van der Waals surface area (Å²) in [5, 5.41) is 4.06. The van der Waals surface area contributed by atoms with Gasteiger partial charge in [0, 0.05) is 12.8 Å². The maximum Gasteiger partial charge on any atom is 0.149 e. The summed E-state index contributed by atoms with van der Waals surface area (Å²) >= 11 is 0. The van der Waals surface area contributed by atoms with Crippen LogP contribution >= 0.6 is 0 Å². The zero-order valence-corrected chi connectivity index (χ0v) is 13.3. The number of ketones is 2. The van der Waals surface area contributed by atoms with E-state index in [1.165, 1.54) is 6.42 Å². The monoisotopic (exact) mass is 293 g/mol. The lowest BCUT2D eigenvalue weighted by Gasteiger charge is -2.41. The molecule has 0 unspecified atom stereocenters. The second kappa shape index (κ2) is 7.19. The Bertz CT molecular complexity index is 402. The molecule has 2 aliphatic carbocycles. The minimum Gasteiger partial charge on any atom is -0.396 e. The highest BCUT2D eigenvalue weighted by molar-refractivity contribution is 6.22. The first-order valence-electron chi connectivity index (χ1n) is 8.36. The second-order valence-corrected chi connectivity index (χ2v) is 6.53. The maximum atomic E-state index is 12.6. The van der Waals surface area contributed by atoms with E-state index in [4.69, 9.17) is 4.84 Å². The molecule has 0 N–H and O–H groups in total. The molecule has 0 atom stereocenters. The SMILES string of the molecule is CCC/C(=N\OCC)C1C(=O)CC2(CCCCC2)CC1=O. The minimum atomic E-state index is -0.635. The van der Waals surface area contributed by atoms with Crippen molar-refractivity contribution in [3.63, 3.8) is 0 Å². The molecule has 2 saturated carbocycles. The van der Waals surface area contributed by atoms with Gasteiger partial charge in [0.2, 0.25) is 0 Å². The number of oxime groups is 1. The van der Waals surface area contributed by atoms with Gasteiger partial charge in [-0.15, -0.1) is 0 Å². The Hall–Kier alpha value is -1.19. The highest BCUT2D eigenvalue weighted by Crippen LogP contribution is 2.46. The van der Waals surface area contributed by atoms with Crippen molar-refractivity contribution in [2.45, 2.75) is 71.6 Å². The van der Waals surface area contributed by atoms with E-state index in [1.54, 1.807) is 0 Å². The number of hydrogen-bond donors (Lipinski definition) is 0. The molecule has 4 nitrogen and oxygen atoms in total.